The zero-order valence-corrected chi connectivity index (χ0v) is 13.7. The van der Waals surface area contributed by atoms with Gasteiger partial charge in [-0.25, -0.2) is 4.98 Å². The van der Waals surface area contributed by atoms with Crippen LogP contribution in [0, 0.1) is 0 Å². The van der Waals surface area contributed by atoms with E-state index in [-0.39, 0.29) is 0 Å². The van der Waals surface area contributed by atoms with E-state index < -0.39 is 6.10 Å². The number of hydrogen-bond donors (Lipinski definition) is 1. The summed E-state index contributed by atoms with van der Waals surface area (Å²) in [5.74, 6) is 0.969. The molecule has 1 aromatic carbocycles. The van der Waals surface area contributed by atoms with Crippen molar-refractivity contribution in [3.63, 3.8) is 0 Å². The lowest BCUT2D eigenvalue weighted by molar-refractivity contribution is 0.0123. The molecular formula is C16H22ClN3O2. The molecule has 0 fully saturated rings. The van der Waals surface area contributed by atoms with Gasteiger partial charge in [-0.05, 0) is 24.7 Å². The number of halogens is 1. The van der Waals surface area contributed by atoms with E-state index >= 15 is 0 Å². The van der Waals surface area contributed by atoms with Crippen molar-refractivity contribution >= 4 is 11.6 Å². The number of aromatic nitrogens is 2. The van der Waals surface area contributed by atoms with Gasteiger partial charge in [0.25, 0.3) is 0 Å². The summed E-state index contributed by atoms with van der Waals surface area (Å²) in [5, 5.41) is 10.7. The fourth-order valence-corrected chi connectivity index (χ4v) is 2.29. The van der Waals surface area contributed by atoms with Gasteiger partial charge in [0.05, 0.1) is 25.9 Å². The number of ether oxygens (including phenoxy) is 1. The number of hydrogen-bond acceptors (Lipinski definition) is 4. The maximum absolute atomic E-state index is 10.0. The van der Waals surface area contributed by atoms with Crippen LogP contribution in [0.2, 0.25) is 5.02 Å². The highest BCUT2D eigenvalue weighted by Gasteiger charge is 2.11. The highest BCUT2D eigenvalue weighted by molar-refractivity contribution is 6.30. The normalized spacial score (nSPS) is 12.8. The first-order valence-electron chi connectivity index (χ1n) is 7.19. The number of likely N-dealkylation sites (N-methyl/N-ethyl adjacent to an activating group) is 1. The van der Waals surface area contributed by atoms with Crippen LogP contribution >= 0.6 is 11.6 Å². The lowest BCUT2D eigenvalue weighted by Crippen LogP contribution is -2.32. The molecule has 0 bridgehead atoms. The summed E-state index contributed by atoms with van der Waals surface area (Å²) < 4.78 is 7.51. The molecule has 0 saturated carbocycles. The van der Waals surface area contributed by atoms with Crippen LogP contribution in [-0.2, 0) is 24.9 Å². The van der Waals surface area contributed by atoms with Gasteiger partial charge in [0, 0.05) is 31.0 Å². The molecule has 5 nitrogen and oxygen atoms in total. The first-order chi connectivity index (χ1) is 10.5. The molecule has 1 atom stereocenters. The quantitative estimate of drug-likeness (QED) is 0.808. The van der Waals surface area contributed by atoms with Crippen molar-refractivity contribution in [3.8, 4) is 0 Å². The van der Waals surface area contributed by atoms with Gasteiger partial charge < -0.3 is 14.4 Å². The molecule has 0 radical (unpaired) electrons. The number of rotatable bonds is 8. The van der Waals surface area contributed by atoms with E-state index in [0.29, 0.717) is 31.3 Å². The second kappa shape index (κ2) is 8.29. The SMILES string of the molecule is CN(Cc1nccn1C)CC(O)COCc1ccc(Cl)cc1. The summed E-state index contributed by atoms with van der Waals surface area (Å²) in [7, 11) is 3.92. The van der Waals surface area contributed by atoms with Crippen LogP contribution in [-0.4, -0.2) is 45.9 Å². The average Bonchev–Trinajstić information content (AvgIpc) is 2.86. The Labute approximate surface area is 136 Å². The molecule has 1 heterocycles. The lowest BCUT2D eigenvalue weighted by atomic mass is 10.2. The van der Waals surface area contributed by atoms with Crippen molar-refractivity contribution in [1.82, 2.24) is 14.5 Å². The van der Waals surface area contributed by atoms with Crippen molar-refractivity contribution in [2.24, 2.45) is 7.05 Å². The van der Waals surface area contributed by atoms with Crippen LogP contribution < -0.4 is 0 Å². The predicted molar refractivity (Wildman–Crippen MR) is 86.7 cm³/mol. The molecule has 1 N–H and O–H groups in total. The van der Waals surface area contributed by atoms with Gasteiger partial charge in [0.2, 0.25) is 0 Å². The summed E-state index contributed by atoms with van der Waals surface area (Å²) >= 11 is 5.83. The molecular weight excluding hydrogens is 302 g/mol. The Morgan fingerprint density at radius 2 is 2.09 bits per heavy atom. The maximum Gasteiger partial charge on any atom is 0.122 e. The van der Waals surface area contributed by atoms with Crippen LogP contribution in [0.4, 0.5) is 0 Å². The Morgan fingerprint density at radius 1 is 1.36 bits per heavy atom. The molecule has 6 heteroatoms. The van der Waals surface area contributed by atoms with E-state index in [9.17, 15) is 5.11 Å². The minimum Gasteiger partial charge on any atom is -0.389 e. The Hall–Kier alpha value is -1.40. The van der Waals surface area contributed by atoms with E-state index in [2.05, 4.69) is 4.98 Å². The highest BCUT2D eigenvalue weighted by Crippen LogP contribution is 2.10. The molecule has 1 aromatic heterocycles. The number of aryl methyl sites for hydroxylation is 1. The maximum atomic E-state index is 10.0. The summed E-state index contributed by atoms with van der Waals surface area (Å²) in [6.07, 6.45) is 3.15. The predicted octanol–water partition coefficient (Wildman–Crippen LogP) is 2.08. The number of imidazole rings is 1. The van der Waals surface area contributed by atoms with E-state index in [0.717, 1.165) is 11.4 Å². The third-order valence-electron chi connectivity index (χ3n) is 3.35. The molecule has 2 rings (SSSR count). The monoisotopic (exact) mass is 323 g/mol. The second-order valence-corrected chi connectivity index (χ2v) is 5.88. The Balaban J connectivity index is 1.67. The lowest BCUT2D eigenvalue weighted by Gasteiger charge is -2.20. The third-order valence-corrected chi connectivity index (χ3v) is 3.60. The Morgan fingerprint density at radius 3 is 2.73 bits per heavy atom. The second-order valence-electron chi connectivity index (χ2n) is 5.45. The third kappa shape index (κ3) is 5.42. The Kier molecular flexibility index (Phi) is 6.39. The standard InChI is InChI=1S/C16H22ClN3O2/c1-19(10-16-18-7-8-20(16)2)9-15(21)12-22-11-13-3-5-14(17)6-4-13/h3-8,15,21H,9-12H2,1-2H3. The largest absolute Gasteiger partial charge is 0.389 e. The van der Waals surface area contributed by atoms with Gasteiger partial charge in [0.15, 0.2) is 0 Å². The van der Waals surface area contributed by atoms with Crippen LogP contribution in [0.5, 0.6) is 0 Å². The molecule has 0 spiro atoms. The van der Waals surface area contributed by atoms with Gasteiger partial charge in [-0.1, -0.05) is 23.7 Å². The topological polar surface area (TPSA) is 50.5 Å². The zero-order chi connectivity index (χ0) is 15.9. The minimum atomic E-state index is -0.530. The number of benzene rings is 1. The van der Waals surface area contributed by atoms with Crippen LogP contribution in [0.3, 0.4) is 0 Å². The van der Waals surface area contributed by atoms with Crippen molar-refractivity contribution in [2.45, 2.75) is 19.3 Å². The van der Waals surface area contributed by atoms with Crippen molar-refractivity contribution < 1.29 is 9.84 Å². The van der Waals surface area contributed by atoms with Gasteiger partial charge in [0.1, 0.15) is 5.82 Å². The zero-order valence-electron chi connectivity index (χ0n) is 12.9. The molecule has 1 unspecified atom stereocenters. The summed E-state index contributed by atoms with van der Waals surface area (Å²) in [4.78, 5) is 6.30. The van der Waals surface area contributed by atoms with Gasteiger partial charge in [-0.15, -0.1) is 0 Å². The summed E-state index contributed by atoms with van der Waals surface area (Å²) in [5.41, 5.74) is 1.04. The fraction of sp³-hybridized carbons (Fsp3) is 0.438. The molecule has 0 aliphatic heterocycles. The molecule has 22 heavy (non-hydrogen) atoms. The molecule has 120 valence electrons. The number of aliphatic hydroxyl groups excluding tert-OH is 1. The van der Waals surface area contributed by atoms with E-state index in [1.54, 1.807) is 6.20 Å². The van der Waals surface area contributed by atoms with E-state index in [1.165, 1.54) is 0 Å². The summed E-state index contributed by atoms with van der Waals surface area (Å²) in [6, 6.07) is 7.50. The summed E-state index contributed by atoms with van der Waals surface area (Å²) in [6.45, 7) is 2.00. The first kappa shape index (κ1) is 17.0. The van der Waals surface area contributed by atoms with Crippen LogP contribution in [0.15, 0.2) is 36.7 Å². The van der Waals surface area contributed by atoms with Crippen molar-refractivity contribution in [3.05, 3.63) is 53.1 Å². The molecule has 0 aliphatic carbocycles. The molecule has 0 aliphatic rings. The smallest absolute Gasteiger partial charge is 0.122 e. The number of aliphatic hydroxyl groups is 1. The van der Waals surface area contributed by atoms with Gasteiger partial charge in [-0.2, -0.15) is 0 Å². The Bertz CT molecular complexity index is 571. The van der Waals surface area contributed by atoms with Crippen LogP contribution in [0.1, 0.15) is 11.4 Å². The van der Waals surface area contributed by atoms with Crippen LogP contribution in [0.25, 0.3) is 0 Å². The molecule has 2 aromatic rings. The van der Waals surface area contributed by atoms with Gasteiger partial charge in [-0.3, -0.25) is 4.90 Å². The molecule has 0 amide bonds. The van der Waals surface area contributed by atoms with Gasteiger partial charge >= 0.3 is 0 Å². The van der Waals surface area contributed by atoms with E-state index in [4.69, 9.17) is 16.3 Å². The fourth-order valence-electron chi connectivity index (χ4n) is 2.16. The number of nitrogens with zero attached hydrogens (tertiary/aromatic N) is 3. The minimum absolute atomic E-state index is 0.299. The van der Waals surface area contributed by atoms with Crippen molar-refractivity contribution in [1.29, 1.82) is 0 Å². The molecule has 0 saturated heterocycles. The van der Waals surface area contributed by atoms with Crippen molar-refractivity contribution in [2.75, 3.05) is 20.2 Å². The average molecular weight is 324 g/mol. The van der Waals surface area contributed by atoms with E-state index in [1.807, 2.05) is 54.0 Å². The highest BCUT2D eigenvalue weighted by atomic mass is 35.5. The first-order valence-corrected chi connectivity index (χ1v) is 7.57.